The predicted molar refractivity (Wildman–Crippen MR) is 113 cm³/mol. The number of carbonyl (C=O) groups is 1. The van der Waals surface area contributed by atoms with Crippen LogP contribution in [0.1, 0.15) is 27.0 Å². The summed E-state index contributed by atoms with van der Waals surface area (Å²) in [5, 5.41) is 29.1. The lowest BCUT2D eigenvalue weighted by molar-refractivity contribution is -0.384. The number of nitrogens with zero attached hydrogens (tertiary/aromatic N) is 3. The second-order valence-electron chi connectivity index (χ2n) is 6.47. The van der Waals surface area contributed by atoms with Gasteiger partial charge in [-0.1, -0.05) is 36.4 Å². The average Bonchev–Trinajstić information content (AvgIpc) is 2.82. The molecule has 0 bridgehead atoms. The number of rotatable bonds is 7. The third-order valence-corrected chi connectivity index (χ3v) is 4.36. The largest absolute Gasteiger partial charge is 0.489 e. The van der Waals surface area contributed by atoms with E-state index < -0.39 is 10.7 Å². The van der Waals surface area contributed by atoms with Crippen molar-refractivity contribution in [3.05, 3.63) is 111 Å². The Kier molecular flexibility index (Phi) is 6.52. The molecule has 7 nitrogen and oxygen atoms in total. The molecule has 3 aromatic rings. The predicted octanol–water partition coefficient (Wildman–Crippen LogP) is 4.84. The average molecular weight is 409 g/mol. The molecule has 0 fully saturated rings. The molecule has 0 unspecified atom stereocenters. The number of ether oxygens (including phenoxy) is 1. The first kappa shape index (κ1) is 21.0. The van der Waals surface area contributed by atoms with Gasteiger partial charge in [0.15, 0.2) is 0 Å². The van der Waals surface area contributed by atoms with E-state index >= 15 is 0 Å². The Hall–Kier alpha value is -4.75. The molecule has 31 heavy (non-hydrogen) atoms. The van der Waals surface area contributed by atoms with Crippen LogP contribution < -0.4 is 4.74 Å². The molecule has 150 valence electrons. The fourth-order valence-corrected chi connectivity index (χ4v) is 2.73. The fourth-order valence-electron chi connectivity index (χ4n) is 2.73. The summed E-state index contributed by atoms with van der Waals surface area (Å²) in [5.41, 5.74) is 1.83. The van der Waals surface area contributed by atoms with Gasteiger partial charge >= 0.3 is 0 Å². The molecule has 0 spiro atoms. The van der Waals surface area contributed by atoms with Gasteiger partial charge in [0.25, 0.3) is 5.69 Å². The maximum atomic E-state index is 12.6. The second-order valence-corrected chi connectivity index (χ2v) is 6.47. The first-order valence-electron chi connectivity index (χ1n) is 9.13. The number of ketones is 1. The number of benzene rings is 3. The maximum absolute atomic E-state index is 12.6. The summed E-state index contributed by atoms with van der Waals surface area (Å²) in [6, 6.07) is 23.1. The molecule has 0 amide bonds. The van der Waals surface area contributed by atoms with E-state index in [-0.39, 0.29) is 16.8 Å². The van der Waals surface area contributed by atoms with E-state index in [1.807, 2.05) is 18.2 Å². The van der Waals surface area contributed by atoms with Crippen molar-refractivity contribution in [3.63, 3.8) is 0 Å². The first-order chi connectivity index (χ1) is 15.0. The molecule has 0 aliphatic heterocycles. The summed E-state index contributed by atoms with van der Waals surface area (Å²) in [7, 11) is 0. The fraction of sp³-hybridized carbons (Fsp3) is 0.0417. The molecule has 0 saturated heterocycles. The summed E-state index contributed by atoms with van der Waals surface area (Å²) in [4.78, 5) is 22.9. The van der Waals surface area contributed by atoms with Crippen LogP contribution in [0.25, 0.3) is 6.08 Å². The van der Waals surface area contributed by atoms with Gasteiger partial charge in [-0.05, 0) is 41.5 Å². The zero-order valence-corrected chi connectivity index (χ0v) is 16.2. The second kappa shape index (κ2) is 9.64. The van der Waals surface area contributed by atoms with Crippen LogP contribution in [0.15, 0.2) is 78.4 Å². The van der Waals surface area contributed by atoms with Gasteiger partial charge in [-0.15, -0.1) is 0 Å². The smallest absolute Gasteiger partial charge is 0.270 e. The minimum Gasteiger partial charge on any atom is -0.489 e. The van der Waals surface area contributed by atoms with Crippen LogP contribution in [-0.2, 0) is 6.61 Å². The van der Waals surface area contributed by atoms with Gasteiger partial charge in [-0.3, -0.25) is 14.9 Å². The first-order valence-corrected chi connectivity index (χ1v) is 9.13. The van der Waals surface area contributed by atoms with Crippen LogP contribution >= 0.6 is 0 Å². The molecule has 0 aromatic heterocycles. The van der Waals surface area contributed by atoms with Crippen molar-refractivity contribution in [1.82, 2.24) is 0 Å². The number of nitriles is 2. The van der Waals surface area contributed by atoms with Gasteiger partial charge in [-0.2, -0.15) is 10.5 Å². The molecule has 3 rings (SSSR count). The molecule has 0 radical (unpaired) electrons. The molecular weight excluding hydrogens is 394 g/mol. The summed E-state index contributed by atoms with van der Waals surface area (Å²) >= 11 is 0. The number of carbonyl (C=O) groups excluding carboxylic acids is 1. The summed E-state index contributed by atoms with van der Waals surface area (Å²) < 4.78 is 5.70. The van der Waals surface area contributed by atoms with Gasteiger partial charge in [0.05, 0.1) is 16.6 Å². The normalized spacial score (nSPS) is 10.6. The number of hydrogen-bond donors (Lipinski definition) is 0. The Labute approximate surface area is 178 Å². The molecule has 0 heterocycles. The Bertz CT molecular complexity index is 1230. The van der Waals surface area contributed by atoms with Crippen LogP contribution in [0, 0.1) is 32.8 Å². The summed E-state index contributed by atoms with van der Waals surface area (Å²) in [6.45, 7) is 0.329. The lowest BCUT2D eigenvalue weighted by Crippen LogP contribution is -2.02. The number of nitro groups is 1. The minimum atomic E-state index is -0.594. The van der Waals surface area contributed by atoms with E-state index in [0.29, 0.717) is 23.5 Å². The van der Waals surface area contributed by atoms with E-state index in [9.17, 15) is 20.2 Å². The van der Waals surface area contributed by atoms with Crippen molar-refractivity contribution in [2.75, 3.05) is 0 Å². The molecule has 0 atom stereocenters. The Morgan fingerprint density at radius 3 is 2.35 bits per heavy atom. The van der Waals surface area contributed by atoms with Crippen molar-refractivity contribution in [3.8, 4) is 17.9 Å². The summed E-state index contributed by atoms with van der Waals surface area (Å²) in [6.07, 6.45) is 1.42. The van der Waals surface area contributed by atoms with E-state index in [0.717, 1.165) is 11.6 Å². The lowest BCUT2D eigenvalue weighted by Gasteiger charge is -2.07. The van der Waals surface area contributed by atoms with Crippen LogP contribution in [0.3, 0.4) is 0 Å². The van der Waals surface area contributed by atoms with Gasteiger partial charge in [0, 0.05) is 17.7 Å². The molecule has 3 aromatic carbocycles. The highest BCUT2D eigenvalue weighted by molar-refractivity contribution is 6.14. The molecule has 0 saturated carbocycles. The van der Waals surface area contributed by atoms with Crippen LogP contribution in [-0.4, -0.2) is 10.7 Å². The highest BCUT2D eigenvalue weighted by Crippen LogP contribution is 2.20. The van der Waals surface area contributed by atoms with Crippen LogP contribution in [0.5, 0.6) is 5.75 Å². The van der Waals surface area contributed by atoms with Crippen molar-refractivity contribution in [2.45, 2.75) is 6.61 Å². The van der Waals surface area contributed by atoms with Gasteiger partial charge in [-0.25, -0.2) is 0 Å². The number of allylic oxidation sites excluding steroid dienone is 1. The monoisotopic (exact) mass is 409 g/mol. The SMILES string of the molecule is N#CC(=Cc1ccc(OCc2ccc(C#N)cc2)cc1)C(=O)c1cccc([N+](=O)[O-])c1. The van der Waals surface area contributed by atoms with E-state index in [2.05, 4.69) is 6.07 Å². The Morgan fingerprint density at radius 1 is 1.03 bits per heavy atom. The Balaban J connectivity index is 1.70. The highest BCUT2D eigenvalue weighted by Gasteiger charge is 2.15. The minimum absolute atomic E-state index is 0.0735. The Morgan fingerprint density at radius 2 is 1.74 bits per heavy atom. The number of hydrogen-bond acceptors (Lipinski definition) is 6. The van der Waals surface area contributed by atoms with Crippen molar-refractivity contribution in [1.29, 1.82) is 10.5 Å². The maximum Gasteiger partial charge on any atom is 0.270 e. The van der Waals surface area contributed by atoms with Crippen LogP contribution in [0.2, 0.25) is 0 Å². The molecule has 7 heteroatoms. The highest BCUT2D eigenvalue weighted by atomic mass is 16.6. The van der Waals surface area contributed by atoms with Gasteiger partial charge in [0.2, 0.25) is 5.78 Å². The van der Waals surface area contributed by atoms with E-state index in [1.165, 1.54) is 24.3 Å². The van der Waals surface area contributed by atoms with Crippen molar-refractivity contribution >= 4 is 17.5 Å². The number of non-ortho nitro benzene ring substituents is 1. The van der Waals surface area contributed by atoms with Gasteiger partial charge in [0.1, 0.15) is 24.0 Å². The zero-order chi connectivity index (χ0) is 22.2. The van der Waals surface area contributed by atoms with Crippen molar-refractivity contribution in [2.24, 2.45) is 0 Å². The molecule has 0 aliphatic carbocycles. The number of Topliss-reactive ketones (excluding diaryl/α,β-unsaturated/α-hetero) is 1. The standard InChI is InChI=1S/C24H15N3O4/c25-14-18-4-6-19(7-5-18)16-31-23-10-8-17(9-11-23)12-21(15-26)24(28)20-2-1-3-22(13-20)27(29)30/h1-13H,16H2. The third kappa shape index (κ3) is 5.41. The third-order valence-electron chi connectivity index (χ3n) is 4.36. The number of nitro benzene ring substituents is 1. The van der Waals surface area contributed by atoms with Crippen LogP contribution in [0.4, 0.5) is 5.69 Å². The molecule has 0 N–H and O–H groups in total. The van der Waals surface area contributed by atoms with E-state index in [1.54, 1.807) is 36.4 Å². The lowest BCUT2D eigenvalue weighted by atomic mass is 10.0. The summed E-state index contributed by atoms with van der Waals surface area (Å²) in [5.74, 6) is 0.0115. The topological polar surface area (TPSA) is 117 Å². The quantitative estimate of drug-likeness (QED) is 0.181. The molecule has 0 aliphatic rings. The van der Waals surface area contributed by atoms with Crippen molar-refractivity contribution < 1.29 is 14.5 Å². The van der Waals surface area contributed by atoms with Gasteiger partial charge < -0.3 is 4.74 Å². The zero-order valence-electron chi connectivity index (χ0n) is 16.2. The molecular formula is C24H15N3O4. The van der Waals surface area contributed by atoms with E-state index in [4.69, 9.17) is 10.00 Å².